The van der Waals surface area contributed by atoms with Crippen LogP contribution in [0.15, 0.2) is 0 Å². The topological polar surface area (TPSA) is 54.9 Å². The van der Waals surface area contributed by atoms with Crippen molar-refractivity contribution in [3.8, 4) is 0 Å². The molecule has 0 radical (unpaired) electrons. The van der Waals surface area contributed by atoms with Crippen molar-refractivity contribution >= 4 is 29.0 Å². The summed E-state index contributed by atoms with van der Waals surface area (Å²) in [6.45, 7) is 10.5. The monoisotopic (exact) mass is 289 g/mol. The van der Waals surface area contributed by atoms with E-state index in [0.717, 1.165) is 17.2 Å². The van der Waals surface area contributed by atoms with Crippen LogP contribution >= 0.6 is 23.1 Å². The highest BCUT2D eigenvalue weighted by Crippen LogP contribution is 2.25. The van der Waals surface area contributed by atoms with Crippen LogP contribution in [0.1, 0.15) is 50.0 Å². The van der Waals surface area contributed by atoms with Gasteiger partial charge in [0.25, 0.3) is 5.91 Å². The zero-order chi connectivity index (χ0) is 13.9. The van der Waals surface area contributed by atoms with Crippen molar-refractivity contribution < 1.29 is 4.79 Å². The molecule has 0 saturated heterocycles. The molecule has 0 bridgehead atoms. The Morgan fingerprint density at radius 1 is 1.44 bits per heavy atom. The summed E-state index contributed by atoms with van der Waals surface area (Å²) in [5.74, 6) is 0.190. The minimum Gasteiger partial charge on any atom is -0.350 e. The molecular weight excluding hydrogens is 270 g/mol. The quantitative estimate of drug-likeness (QED) is 0.867. The normalized spacial score (nSPS) is 13.7. The highest BCUT2D eigenvalue weighted by atomic mass is 35.5. The molecule has 1 aromatic rings. The van der Waals surface area contributed by atoms with Crippen LogP contribution in [-0.2, 0) is 5.41 Å². The van der Waals surface area contributed by atoms with E-state index in [2.05, 4.69) is 14.9 Å². The van der Waals surface area contributed by atoms with Gasteiger partial charge in [0.15, 0.2) is 0 Å². The maximum absolute atomic E-state index is 12.1. The molecule has 1 heterocycles. The Hall–Kier alpha value is -0.680. The van der Waals surface area contributed by atoms with Crippen LogP contribution in [0.5, 0.6) is 0 Å². The summed E-state index contributed by atoms with van der Waals surface area (Å²) in [4.78, 5) is 12.6. The van der Waals surface area contributed by atoms with Crippen molar-refractivity contribution in [3.05, 3.63) is 10.6 Å². The maximum atomic E-state index is 12.1. The van der Waals surface area contributed by atoms with E-state index in [1.807, 2.05) is 34.6 Å². The van der Waals surface area contributed by atoms with Gasteiger partial charge in [-0.25, -0.2) is 0 Å². The number of hydrogen-bond acceptors (Lipinski definition) is 4. The number of carbonyl (C=O) groups is 1. The molecule has 4 nitrogen and oxygen atoms in total. The fourth-order valence-electron chi connectivity index (χ4n) is 1.34. The van der Waals surface area contributed by atoms with Gasteiger partial charge >= 0.3 is 0 Å². The summed E-state index contributed by atoms with van der Waals surface area (Å²) < 4.78 is 3.87. The molecule has 102 valence electrons. The van der Waals surface area contributed by atoms with Gasteiger partial charge in [-0.3, -0.25) is 4.79 Å². The summed E-state index contributed by atoms with van der Waals surface area (Å²) in [6.07, 6.45) is 0. The van der Waals surface area contributed by atoms with Gasteiger partial charge < -0.3 is 5.32 Å². The largest absolute Gasteiger partial charge is 0.350 e. The Morgan fingerprint density at radius 3 is 2.56 bits per heavy atom. The highest BCUT2D eigenvalue weighted by Gasteiger charge is 2.26. The molecule has 0 fully saturated rings. The Labute approximate surface area is 117 Å². The first-order valence-electron chi connectivity index (χ1n) is 5.98. The first-order valence-corrected chi connectivity index (χ1v) is 7.19. The lowest BCUT2D eigenvalue weighted by molar-refractivity contribution is 0.0954. The van der Waals surface area contributed by atoms with Crippen molar-refractivity contribution in [2.24, 2.45) is 5.92 Å². The van der Waals surface area contributed by atoms with Gasteiger partial charge in [0.05, 0.1) is 11.1 Å². The van der Waals surface area contributed by atoms with Gasteiger partial charge in [0.2, 0.25) is 0 Å². The van der Waals surface area contributed by atoms with Gasteiger partial charge in [-0.2, -0.15) is 0 Å². The van der Waals surface area contributed by atoms with Crippen molar-refractivity contribution in [1.82, 2.24) is 14.9 Å². The molecule has 0 spiro atoms. The summed E-state index contributed by atoms with van der Waals surface area (Å²) in [7, 11) is 0. The third-order valence-electron chi connectivity index (χ3n) is 2.59. The summed E-state index contributed by atoms with van der Waals surface area (Å²) in [6, 6.07) is 0. The van der Waals surface area contributed by atoms with Crippen LogP contribution < -0.4 is 5.32 Å². The van der Waals surface area contributed by atoms with E-state index in [1.165, 1.54) is 0 Å². The van der Waals surface area contributed by atoms with Crippen molar-refractivity contribution in [3.63, 3.8) is 0 Å². The molecule has 1 unspecified atom stereocenters. The number of halogens is 1. The van der Waals surface area contributed by atoms with Gasteiger partial charge in [0.1, 0.15) is 4.88 Å². The lowest BCUT2D eigenvalue weighted by Crippen LogP contribution is -2.32. The van der Waals surface area contributed by atoms with Gasteiger partial charge in [0, 0.05) is 12.0 Å². The van der Waals surface area contributed by atoms with E-state index < -0.39 is 0 Å². The Kier molecular flexibility index (Phi) is 5.10. The van der Waals surface area contributed by atoms with Crippen molar-refractivity contribution in [2.75, 3.05) is 6.54 Å². The van der Waals surface area contributed by atoms with E-state index in [4.69, 9.17) is 11.6 Å². The van der Waals surface area contributed by atoms with Gasteiger partial charge in [-0.15, -0.1) is 16.7 Å². The molecule has 1 N–H and O–H groups in total. The minimum atomic E-state index is -0.182. The first kappa shape index (κ1) is 15.4. The molecule has 1 aromatic heterocycles. The number of hydrogen-bond donors (Lipinski definition) is 1. The highest BCUT2D eigenvalue weighted by molar-refractivity contribution is 7.08. The first-order chi connectivity index (χ1) is 8.23. The van der Waals surface area contributed by atoms with E-state index >= 15 is 0 Å². The maximum Gasteiger partial charge on any atom is 0.265 e. The molecule has 1 amide bonds. The smallest absolute Gasteiger partial charge is 0.265 e. The second kappa shape index (κ2) is 5.97. The molecule has 0 aromatic carbocycles. The van der Waals surface area contributed by atoms with Crippen LogP contribution in [0.2, 0.25) is 0 Å². The SMILES string of the molecule is CC(C)C(Cl)CNC(=O)c1snnc1C(C)(C)C. The average Bonchev–Trinajstić information content (AvgIpc) is 2.73. The predicted octanol–water partition coefficient (Wildman–Crippen LogP) is 2.83. The van der Waals surface area contributed by atoms with Crippen molar-refractivity contribution in [2.45, 2.75) is 45.4 Å². The molecule has 18 heavy (non-hydrogen) atoms. The number of nitrogens with one attached hydrogen (secondary N) is 1. The second-order valence-electron chi connectivity index (χ2n) is 5.67. The molecule has 1 atom stereocenters. The molecule has 0 aliphatic rings. The Balaban J connectivity index is 2.71. The standard InChI is InChI=1S/C12H20ClN3OS/c1-7(2)8(13)6-14-11(17)9-10(12(3,4)5)15-16-18-9/h7-8H,6H2,1-5H3,(H,14,17). The third-order valence-corrected chi connectivity index (χ3v) is 3.97. The molecule has 1 rings (SSSR count). The average molecular weight is 290 g/mol. The molecule has 0 aliphatic carbocycles. The fraction of sp³-hybridized carbons (Fsp3) is 0.750. The predicted molar refractivity (Wildman–Crippen MR) is 75.4 cm³/mol. The number of amides is 1. The zero-order valence-electron chi connectivity index (χ0n) is 11.5. The second-order valence-corrected chi connectivity index (χ2v) is 6.99. The van der Waals surface area contributed by atoms with E-state index in [9.17, 15) is 4.79 Å². The zero-order valence-corrected chi connectivity index (χ0v) is 13.0. The third kappa shape index (κ3) is 3.92. The molecule has 6 heteroatoms. The molecule has 0 aliphatic heterocycles. The Morgan fingerprint density at radius 2 is 2.06 bits per heavy atom. The van der Waals surface area contributed by atoms with Crippen LogP contribution in [0.25, 0.3) is 0 Å². The number of carbonyl (C=O) groups excluding carboxylic acids is 1. The summed E-state index contributed by atoms with van der Waals surface area (Å²) >= 11 is 7.24. The van der Waals surface area contributed by atoms with E-state index in [1.54, 1.807) is 0 Å². The summed E-state index contributed by atoms with van der Waals surface area (Å²) in [5, 5.41) is 6.82. The van der Waals surface area contributed by atoms with Crippen molar-refractivity contribution in [1.29, 1.82) is 0 Å². The molecule has 0 saturated carbocycles. The van der Waals surface area contributed by atoms with Gasteiger partial charge in [-0.1, -0.05) is 39.1 Å². The number of aromatic nitrogens is 2. The van der Waals surface area contributed by atoms with Crippen LogP contribution in [0, 0.1) is 5.92 Å². The minimum absolute atomic E-state index is 0.0621. The fourth-order valence-corrected chi connectivity index (χ4v) is 2.21. The van der Waals surface area contributed by atoms with E-state index in [0.29, 0.717) is 17.3 Å². The van der Waals surface area contributed by atoms with E-state index in [-0.39, 0.29) is 16.7 Å². The lowest BCUT2D eigenvalue weighted by atomic mass is 9.91. The van der Waals surface area contributed by atoms with Crippen LogP contribution in [-0.4, -0.2) is 27.4 Å². The van der Waals surface area contributed by atoms with Crippen LogP contribution in [0.4, 0.5) is 0 Å². The number of rotatable bonds is 4. The number of alkyl halides is 1. The van der Waals surface area contributed by atoms with Crippen LogP contribution in [0.3, 0.4) is 0 Å². The summed E-state index contributed by atoms with van der Waals surface area (Å²) in [5.41, 5.74) is 0.554. The molecular formula is C12H20ClN3OS. The number of nitrogens with zero attached hydrogens (tertiary/aromatic N) is 2. The lowest BCUT2D eigenvalue weighted by Gasteiger charge is -2.17. The Bertz CT molecular complexity index is 412. The van der Waals surface area contributed by atoms with Gasteiger partial charge in [-0.05, 0) is 17.5 Å².